The third kappa shape index (κ3) is 6.22. The number of methoxy groups -OCH3 is 2. The van der Waals surface area contributed by atoms with E-state index in [4.69, 9.17) is 21.1 Å². The number of halogens is 1. The number of nitrogens with one attached hydrogen (secondary N) is 2. The lowest BCUT2D eigenvalue weighted by atomic mass is 10.0. The van der Waals surface area contributed by atoms with Crippen LogP contribution in [0.2, 0.25) is 5.02 Å². The number of carbonyl (C=O) groups excluding carboxylic acids is 3. The molecule has 0 spiro atoms. The van der Waals surface area contributed by atoms with Gasteiger partial charge < -0.3 is 20.1 Å². The van der Waals surface area contributed by atoms with Crippen LogP contribution in [0.15, 0.2) is 18.2 Å². The van der Waals surface area contributed by atoms with E-state index in [0.29, 0.717) is 10.8 Å². The Labute approximate surface area is 158 Å². The third-order valence-corrected chi connectivity index (χ3v) is 4.06. The summed E-state index contributed by atoms with van der Waals surface area (Å²) in [5.74, 6) is -0.997. The Kier molecular flexibility index (Phi) is 8.38. The van der Waals surface area contributed by atoms with E-state index in [2.05, 4.69) is 10.6 Å². The number of hydrogen-bond acceptors (Lipinski definition) is 5. The molecule has 26 heavy (non-hydrogen) atoms. The zero-order valence-corrected chi connectivity index (χ0v) is 16.3. The van der Waals surface area contributed by atoms with E-state index in [0.717, 1.165) is 5.56 Å². The lowest BCUT2D eigenvalue weighted by molar-refractivity contribution is -0.145. The zero-order chi connectivity index (χ0) is 19.9. The second-order valence-corrected chi connectivity index (χ2v) is 6.59. The minimum atomic E-state index is -0.910. The first-order valence-electron chi connectivity index (χ1n) is 8.17. The van der Waals surface area contributed by atoms with Crippen molar-refractivity contribution in [2.24, 2.45) is 5.92 Å². The molecule has 0 radical (unpaired) electrons. The highest BCUT2D eigenvalue weighted by molar-refractivity contribution is 6.32. The fraction of sp³-hybridized carbons (Fsp3) is 0.500. The molecule has 2 atom stereocenters. The molecular formula is C18H25ClN2O5. The summed E-state index contributed by atoms with van der Waals surface area (Å²) >= 11 is 6.11. The molecule has 8 heteroatoms. The molecule has 2 N–H and O–H groups in total. The van der Waals surface area contributed by atoms with Crippen molar-refractivity contribution in [3.05, 3.63) is 28.8 Å². The van der Waals surface area contributed by atoms with Crippen LogP contribution >= 0.6 is 11.6 Å². The van der Waals surface area contributed by atoms with Crippen molar-refractivity contribution in [3.63, 3.8) is 0 Å². The molecule has 2 amide bonds. The average Bonchev–Trinajstić information content (AvgIpc) is 2.58. The van der Waals surface area contributed by atoms with Gasteiger partial charge in [-0.3, -0.25) is 9.59 Å². The molecule has 0 saturated carbocycles. The quantitative estimate of drug-likeness (QED) is 0.665. The molecule has 0 heterocycles. The Balaban J connectivity index is 2.96. The standard InChI is InChI=1S/C18H25ClN2O5/c1-10(2)16(20-11(3)22)17(23)21-14(18(24)26-5)9-12-6-7-15(25-4)13(19)8-12/h6-8,10,14,16H,9H2,1-5H3,(H,20,22)(H,21,23)/t14-,16-/m1/s1. The summed E-state index contributed by atoms with van der Waals surface area (Å²) in [5, 5.41) is 5.64. The van der Waals surface area contributed by atoms with Crippen LogP contribution in [0.3, 0.4) is 0 Å². The van der Waals surface area contributed by atoms with Crippen LogP contribution in [0, 0.1) is 5.92 Å². The van der Waals surface area contributed by atoms with Crippen LogP contribution in [-0.4, -0.2) is 44.1 Å². The summed E-state index contributed by atoms with van der Waals surface area (Å²) in [7, 11) is 2.75. The van der Waals surface area contributed by atoms with Crippen molar-refractivity contribution in [1.82, 2.24) is 10.6 Å². The van der Waals surface area contributed by atoms with Crippen LogP contribution in [-0.2, 0) is 25.5 Å². The maximum absolute atomic E-state index is 12.5. The molecule has 1 aromatic carbocycles. The Bertz CT molecular complexity index is 663. The van der Waals surface area contributed by atoms with Crippen LogP contribution in [0.5, 0.6) is 5.75 Å². The molecule has 1 aromatic rings. The summed E-state index contributed by atoms with van der Waals surface area (Å²) in [6, 6.07) is 3.44. The molecular weight excluding hydrogens is 360 g/mol. The van der Waals surface area contributed by atoms with Gasteiger partial charge in [0.2, 0.25) is 11.8 Å². The molecule has 0 aliphatic heterocycles. The maximum atomic E-state index is 12.5. The summed E-state index contributed by atoms with van der Waals surface area (Å²) in [4.78, 5) is 35.9. The van der Waals surface area contributed by atoms with Gasteiger partial charge in [0.05, 0.1) is 19.2 Å². The lowest BCUT2D eigenvalue weighted by Gasteiger charge is -2.24. The van der Waals surface area contributed by atoms with E-state index in [1.165, 1.54) is 21.1 Å². The Hall–Kier alpha value is -2.28. The van der Waals surface area contributed by atoms with Crippen molar-refractivity contribution in [2.45, 2.75) is 39.3 Å². The van der Waals surface area contributed by atoms with Crippen molar-refractivity contribution in [1.29, 1.82) is 0 Å². The molecule has 7 nitrogen and oxygen atoms in total. The van der Waals surface area contributed by atoms with E-state index in [1.807, 2.05) is 0 Å². The highest BCUT2D eigenvalue weighted by Crippen LogP contribution is 2.25. The second kappa shape index (κ2) is 10.0. The Morgan fingerprint density at radius 2 is 1.81 bits per heavy atom. The van der Waals surface area contributed by atoms with Gasteiger partial charge in [0.25, 0.3) is 0 Å². The van der Waals surface area contributed by atoms with E-state index < -0.39 is 24.0 Å². The zero-order valence-electron chi connectivity index (χ0n) is 15.6. The number of hydrogen-bond donors (Lipinski definition) is 2. The highest BCUT2D eigenvalue weighted by atomic mass is 35.5. The number of ether oxygens (including phenoxy) is 2. The first-order valence-corrected chi connectivity index (χ1v) is 8.55. The normalized spacial score (nSPS) is 12.9. The van der Waals surface area contributed by atoms with Crippen molar-refractivity contribution < 1.29 is 23.9 Å². The van der Waals surface area contributed by atoms with E-state index in [9.17, 15) is 14.4 Å². The molecule has 0 unspecified atom stereocenters. The van der Waals surface area contributed by atoms with Gasteiger partial charge in [-0.25, -0.2) is 4.79 Å². The largest absolute Gasteiger partial charge is 0.495 e. The molecule has 0 saturated heterocycles. The number of carbonyl (C=O) groups is 3. The predicted octanol–water partition coefficient (Wildman–Crippen LogP) is 1.71. The number of amides is 2. The topological polar surface area (TPSA) is 93.7 Å². The number of esters is 1. The van der Waals surface area contributed by atoms with Gasteiger partial charge in [0.1, 0.15) is 17.8 Å². The fourth-order valence-electron chi connectivity index (χ4n) is 2.42. The SMILES string of the molecule is COC(=O)[C@@H](Cc1ccc(OC)c(Cl)c1)NC(=O)[C@H](NC(C)=O)C(C)C. The van der Waals surface area contributed by atoms with E-state index >= 15 is 0 Å². The first-order chi connectivity index (χ1) is 12.2. The Morgan fingerprint density at radius 3 is 2.27 bits per heavy atom. The smallest absolute Gasteiger partial charge is 0.328 e. The molecule has 0 bridgehead atoms. The molecule has 0 aliphatic carbocycles. The Morgan fingerprint density at radius 1 is 1.15 bits per heavy atom. The number of rotatable bonds is 8. The summed E-state index contributed by atoms with van der Waals surface area (Å²) in [5.41, 5.74) is 0.729. The molecule has 0 aliphatic rings. The van der Waals surface area contributed by atoms with Crippen molar-refractivity contribution in [3.8, 4) is 5.75 Å². The number of benzene rings is 1. The molecule has 144 valence electrons. The van der Waals surface area contributed by atoms with E-state index in [-0.39, 0.29) is 18.2 Å². The average molecular weight is 385 g/mol. The maximum Gasteiger partial charge on any atom is 0.328 e. The summed E-state index contributed by atoms with van der Waals surface area (Å²) in [6.07, 6.45) is 0.188. The van der Waals surface area contributed by atoms with Crippen molar-refractivity contribution >= 4 is 29.4 Å². The van der Waals surface area contributed by atoms with Gasteiger partial charge in [-0.05, 0) is 23.6 Å². The molecule has 0 fully saturated rings. The minimum Gasteiger partial charge on any atom is -0.495 e. The predicted molar refractivity (Wildman–Crippen MR) is 98.1 cm³/mol. The summed E-state index contributed by atoms with van der Waals surface area (Å²) in [6.45, 7) is 4.94. The molecule has 0 aromatic heterocycles. The minimum absolute atomic E-state index is 0.146. The van der Waals surface area contributed by atoms with Gasteiger partial charge in [-0.15, -0.1) is 0 Å². The summed E-state index contributed by atoms with van der Waals surface area (Å²) < 4.78 is 9.88. The van der Waals surface area contributed by atoms with Crippen LogP contribution in [0.25, 0.3) is 0 Å². The van der Waals surface area contributed by atoms with Gasteiger partial charge in [-0.1, -0.05) is 31.5 Å². The molecule has 1 rings (SSSR count). The monoisotopic (exact) mass is 384 g/mol. The van der Waals surface area contributed by atoms with Crippen molar-refractivity contribution in [2.75, 3.05) is 14.2 Å². The lowest BCUT2D eigenvalue weighted by Crippen LogP contribution is -2.54. The second-order valence-electron chi connectivity index (χ2n) is 6.18. The van der Waals surface area contributed by atoms with Gasteiger partial charge in [0, 0.05) is 13.3 Å². The van der Waals surface area contributed by atoms with Gasteiger partial charge in [0.15, 0.2) is 0 Å². The highest BCUT2D eigenvalue weighted by Gasteiger charge is 2.28. The fourth-order valence-corrected chi connectivity index (χ4v) is 2.70. The first kappa shape index (κ1) is 21.8. The van der Waals surface area contributed by atoms with Crippen LogP contribution in [0.1, 0.15) is 26.3 Å². The van der Waals surface area contributed by atoms with E-state index in [1.54, 1.807) is 32.0 Å². The van der Waals surface area contributed by atoms with Crippen LogP contribution in [0.4, 0.5) is 0 Å². The third-order valence-electron chi connectivity index (χ3n) is 3.77. The van der Waals surface area contributed by atoms with Gasteiger partial charge >= 0.3 is 5.97 Å². The van der Waals surface area contributed by atoms with Gasteiger partial charge in [-0.2, -0.15) is 0 Å². The van der Waals surface area contributed by atoms with Crippen LogP contribution < -0.4 is 15.4 Å².